The van der Waals surface area contributed by atoms with E-state index in [-0.39, 0.29) is 0 Å². The lowest BCUT2D eigenvalue weighted by atomic mass is 10.0. The summed E-state index contributed by atoms with van der Waals surface area (Å²) in [6.45, 7) is 2.25. The summed E-state index contributed by atoms with van der Waals surface area (Å²) in [5.41, 5.74) is 1.44. The first-order valence-corrected chi connectivity index (χ1v) is 4.98. The fraction of sp³-hybridized carbons (Fsp3) is 0.333. The molecule has 0 saturated carbocycles. The van der Waals surface area contributed by atoms with Gasteiger partial charge in [0.15, 0.2) is 0 Å². The first-order chi connectivity index (χ1) is 4.84. The Kier molecular flexibility index (Phi) is 3.19. The van der Waals surface area contributed by atoms with E-state index in [9.17, 15) is 0 Å². The van der Waals surface area contributed by atoms with Crippen molar-refractivity contribution < 1.29 is 0 Å². The Hall–Kier alpha value is -0.0500. The van der Waals surface area contributed by atoms with Crippen molar-refractivity contribution in [3.63, 3.8) is 0 Å². The van der Waals surface area contributed by atoms with Gasteiger partial charge in [-0.05, 0) is 11.5 Å². The molecule has 0 aliphatic heterocycles. The van der Waals surface area contributed by atoms with Gasteiger partial charge in [-0.1, -0.05) is 59.8 Å². The van der Waals surface area contributed by atoms with Gasteiger partial charge in [0.1, 0.15) is 0 Å². The van der Waals surface area contributed by atoms with Crippen LogP contribution < -0.4 is 0 Å². The third-order valence-corrected chi connectivity index (χ3v) is 2.92. The smallest absolute Gasteiger partial charge is 0.00616 e. The average Bonchev–Trinajstić information content (AvgIpc) is 2.05. The Bertz CT molecular complexity index is 181. The predicted molar refractivity (Wildman–Crippen MR) is 53.7 cm³/mol. The minimum absolute atomic E-state index is 0.696. The molecular formula is C9H11I. The number of hydrogen-bond acceptors (Lipinski definition) is 0. The Balaban J connectivity index is 2.75. The van der Waals surface area contributed by atoms with E-state index in [1.165, 1.54) is 9.99 Å². The summed E-state index contributed by atoms with van der Waals surface area (Å²) in [6.07, 6.45) is 0. The van der Waals surface area contributed by atoms with Crippen LogP contribution in [0.25, 0.3) is 0 Å². The molecule has 0 saturated heterocycles. The van der Waals surface area contributed by atoms with Gasteiger partial charge in [0, 0.05) is 4.43 Å². The molecule has 0 aliphatic rings. The molecule has 0 N–H and O–H groups in total. The minimum Gasteiger partial charge on any atom is -0.0857 e. The highest BCUT2D eigenvalue weighted by molar-refractivity contribution is 14.1. The zero-order valence-corrected chi connectivity index (χ0v) is 8.21. The summed E-state index contributed by atoms with van der Waals surface area (Å²) >= 11 is 2.42. The molecule has 0 aliphatic carbocycles. The molecule has 0 unspecified atom stereocenters. The summed E-state index contributed by atoms with van der Waals surface area (Å²) in [6, 6.07) is 10.6. The van der Waals surface area contributed by atoms with E-state index in [2.05, 4.69) is 59.8 Å². The van der Waals surface area contributed by atoms with E-state index in [0.717, 1.165) is 0 Å². The van der Waals surface area contributed by atoms with Gasteiger partial charge < -0.3 is 0 Å². The van der Waals surface area contributed by atoms with Crippen molar-refractivity contribution in [3.8, 4) is 0 Å². The van der Waals surface area contributed by atoms with Gasteiger partial charge in [0.05, 0.1) is 0 Å². The topological polar surface area (TPSA) is 0 Å². The summed E-state index contributed by atoms with van der Waals surface area (Å²) in [7, 11) is 0. The quantitative estimate of drug-likeness (QED) is 0.555. The van der Waals surface area contributed by atoms with Gasteiger partial charge in [-0.2, -0.15) is 0 Å². The van der Waals surface area contributed by atoms with Crippen LogP contribution in [-0.2, 0) is 0 Å². The second-order valence-electron chi connectivity index (χ2n) is 2.47. The van der Waals surface area contributed by atoms with Gasteiger partial charge >= 0.3 is 0 Å². The standard InChI is InChI=1S/C9H11I/c1-8(7-10)9-5-3-2-4-6-9/h2-6,8H,7H2,1H3/t8-/m0/s1. The molecule has 1 aromatic rings. The second-order valence-corrected chi connectivity index (χ2v) is 3.35. The summed E-state index contributed by atoms with van der Waals surface area (Å²) in [5.74, 6) is 0.696. The molecule has 10 heavy (non-hydrogen) atoms. The van der Waals surface area contributed by atoms with Crippen LogP contribution in [0.4, 0.5) is 0 Å². The SMILES string of the molecule is C[C@@H](CI)c1ccccc1. The minimum atomic E-state index is 0.696. The number of halogens is 1. The lowest BCUT2D eigenvalue weighted by Crippen LogP contribution is -1.92. The first kappa shape index (κ1) is 8.05. The number of hydrogen-bond donors (Lipinski definition) is 0. The Morgan fingerprint density at radius 3 is 2.40 bits per heavy atom. The zero-order chi connectivity index (χ0) is 7.40. The summed E-state index contributed by atoms with van der Waals surface area (Å²) in [4.78, 5) is 0. The van der Waals surface area contributed by atoms with Gasteiger partial charge in [-0.25, -0.2) is 0 Å². The fourth-order valence-corrected chi connectivity index (χ4v) is 1.38. The summed E-state index contributed by atoms with van der Waals surface area (Å²) < 4.78 is 1.20. The summed E-state index contributed by atoms with van der Waals surface area (Å²) in [5, 5.41) is 0. The van der Waals surface area contributed by atoms with Crippen LogP contribution >= 0.6 is 22.6 Å². The molecule has 0 bridgehead atoms. The molecule has 0 spiro atoms. The third-order valence-electron chi connectivity index (χ3n) is 1.60. The van der Waals surface area contributed by atoms with Crippen LogP contribution in [-0.4, -0.2) is 4.43 Å². The van der Waals surface area contributed by atoms with Crippen molar-refractivity contribution in [3.05, 3.63) is 35.9 Å². The van der Waals surface area contributed by atoms with Crippen molar-refractivity contribution >= 4 is 22.6 Å². The largest absolute Gasteiger partial charge is 0.0857 e. The van der Waals surface area contributed by atoms with Crippen molar-refractivity contribution in [2.75, 3.05) is 4.43 Å². The van der Waals surface area contributed by atoms with Crippen molar-refractivity contribution in [1.82, 2.24) is 0 Å². The zero-order valence-electron chi connectivity index (χ0n) is 6.05. The predicted octanol–water partition coefficient (Wildman–Crippen LogP) is 3.23. The highest BCUT2D eigenvalue weighted by Gasteiger charge is 1.99. The lowest BCUT2D eigenvalue weighted by Gasteiger charge is -2.05. The first-order valence-electron chi connectivity index (χ1n) is 3.45. The lowest BCUT2D eigenvalue weighted by molar-refractivity contribution is 0.896. The van der Waals surface area contributed by atoms with Gasteiger partial charge in [0.2, 0.25) is 0 Å². The molecule has 0 amide bonds. The Labute approximate surface area is 75.8 Å². The highest BCUT2D eigenvalue weighted by atomic mass is 127. The molecule has 0 fully saturated rings. The number of benzene rings is 1. The van der Waals surface area contributed by atoms with E-state index >= 15 is 0 Å². The molecular weight excluding hydrogens is 235 g/mol. The molecule has 54 valence electrons. The molecule has 1 aromatic carbocycles. The van der Waals surface area contributed by atoms with Crippen molar-refractivity contribution in [1.29, 1.82) is 0 Å². The van der Waals surface area contributed by atoms with E-state index in [4.69, 9.17) is 0 Å². The number of rotatable bonds is 2. The molecule has 0 heterocycles. The number of alkyl halides is 1. The Morgan fingerprint density at radius 2 is 1.90 bits per heavy atom. The van der Waals surface area contributed by atoms with Crippen LogP contribution in [0.5, 0.6) is 0 Å². The third kappa shape index (κ3) is 1.97. The molecule has 0 aromatic heterocycles. The molecule has 1 atom stereocenters. The average molecular weight is 246 g/mol. The second kappa shape index (κ2) is 3.96. The van der Waals surface area contributed by atoms with Crippen LogP contribution in [0.1, 0.15) is 18.4 Å². The van der Waals surface area contributed by atoms with E-state index in [1.54, 1.807) is 0 Å². The van der Waals surface area contributed by atoms with Crippen LogP contribution in [0, 0.1) is 0 Å². The highest BCUT2D eigenvalue weighted by Crippen LogP contribution is 2.16. The van der Waals surface area contributed by atoms with E-state index in [0.29, 0.717) is 5.92 Å². The fourth-order valence-electron chi connectivity index (χ4n) is 0.871. The van der Waals surface area contributed by atoms with Crippen molar-refractivity contribution in [2.45, 2.75) is 12.8 Å². The monoisotopic (exact) mass is 246 g/mol. The Morgan fingerprint density at radius 1 is 1.30 bits per heavy atom. The maximum atomic E-state index is 2.42. The maximum Gasteiger partial charge on any atom is 0.00616 e. The molecule has 0 radical (unpaired) electrons. The van der Waals surface area contributed by atoms with Crippen LogP contribution in [0.2, 0.25) is 0 Å². The van der Waals surface area contributed by atoms with Gasteiger partial charge in [-0.15, -0.1) is 0 Å². The molecule has 1 rings (SSSR count). The van der Waals surface area contributed by atoms with E-state index in [1.807, 2.05) is 0 Å². The van der Waals surface area contributed by atoms with Gasteiger partial charge in [0.25, 0.3) is 0 Å². The maximum absolute atomic E-state index is 2.42. The van der Waals surface area contributed by atoms with Crippen LogP contribution in [0.3, 0.4) is 0 Å². The molecule has 1 heteroatoms. The van der Waals surface area contributed by atoms with Gasteiger partial charge in [-0.3, -0.25) is 0 Å². The van der Waals surface area contributed by atoms with Crippen molar-refractivity contribution in [2.24, 2.45) is 0 Å². The van der Waals surface area contributed by atoms with Crippen LogP contribution in [0.15, 0.2) is 30.3 Å². The normalized spacial score (nSPS) is 13.0. The molecule has 0 nitrogen and oxygen atoms in total. The van der Waals surface area contributed by atoms with E-state index < -0.39 is 0 Å².